The second-order valence-electron chi connectivity index (χ2n) is 4.94. The number of imidazole rings is 1. The molecule has 0 aliphatic rings. The van der Waals surface area contributed by atoms with Gasteiger partial charge in [-0.15, -0.1) is 0 Å². The van der Waals surface area contributed by atoms with Gasteiger partial charge in [-0.3, -0.25) is 0 Å². The lowest BCUT2D eigenvalue weighted by atomic mass is 10.1. The summed E-state index contributed by atoms with van der Waals surface area (Å²) >= 11 is 3.33. The predicted molar refractivity (Wildman–Crippen MR) is 86.2 cm³/mol. The molecule has 0 radical (unpaired) electrons. The first-order chi connectivity index (χ1) is 10.2. The van der Waals surface area contributed by atoms with Crippen LogP contribution in [0.25, 0.3) is 0 Å². The highest BCUT2D eigenvalue weighted by Crippen LogP contribution is 2.24. The number of aromatic nitrogens is 2. The average molecular weight is 346 g/mol. The third-order valence-electron chi connectivity index (χ3n) is 3.26. The van der Waals surface area contributed by atoms with Crippen LogP contribution < -0.4 is 5.32 Å². The molecule has 1 N–H and O–H groups in total. The fourth-order valence-electron chi connectivity index (χ4n) is 2.23. The summed E-state index contributed by atoms with van der Waals surface area (Å²) in [6, 6.07) is 12.4. The minimum atomic E-state index is 0.111. The van der Waals surface area contributed by atoms with Gasteiger partial charge in [-0.1, -0.05) is 12.1 Å². The van der Waals surface area contributed by atoms with Gasteiger partial charge >= 0.3 is 0 Å². The van der Waals surface area contributed by atoms with E-state index in [4.69, 9.17) is 4.42 Å². The number of benzene rings is 1. The van der Waals surface area contributed by atoms with Crippen LogP contribution in [-0.2, 0) is 6.54 Å². The predicted octanol–water partition coefficient (Wildman–Crippen LogP) is 4.46. The summed E-state index contributed by atoms with van der Waals surface area (Å²) in [5, 5.41) is 3.45. The maximum absolute atomic E-state index is 5.57. The summed E-state index contributed by atoms with van der Waals surface area (Å²) < 4.78 is 8.37. The Morgan fingerprint density at radius 3 is 2.95 bits per heavy atom. The van der Waals surface area contributed by atoms with Crippen molar-refractivity contribution in [3.8, 4) is 0 Å². The van der Waals surface area contributed by atoms with Gasteiger partial charge in [0.15, 0.2) is 4.67 Å². The van der Waals surface area contributed by atoms with Gasteiger partial charge in [-0.25, -0.2) is 4.98 Å². The van der Waals surface area contributed by atoms with E-state index in [0.717, 1.165) is 22.7 Å². The van der Waals surface area contributed by atoms with Gasteiger partial charge in [0.05, 0.1) is 12.4 Å². The molecule has 0 saturated heterocycles. The molecule has 0 aliphatic heterocycles. The fourth-order valence-corrected chi connectivity index (χ4v) is 2.55. The van der Waals surface area contributed by atoms with Crippen LogP contribution in [-0.4, -0.2) is 9.55 Å². The van der Waals surface area contributed by atoms with Crippen molar-refractivity contribution in [3.63, 3.8) is 0 Å². The summed E-state index contributed by atoms with van der Waals surface area (Å²) in [7, 11) is 0. The molecule has 1 atom stereocenters. The van der Waals surface area contributed by atoms with Gasteiger partial charge in [-0.05, 0) is 52.7 Å². The van der Waals surface area contributed by atoms with Gasteiger partial charge in [-0.2, -0.15) is 0 Å². The lowest BCUT2D eigenvalue weighted by molar-refractivity contribution is 0.471. The molecule has 2 aromatic heterocycles. The molecule has 1 aromatic carbocycles. The highest BCUT2D eigenvalue weighted by Gasteiger charge is 2.09. The topological polar surface area (TPSA) is 43.0 Å². The molecule has 5 heteroatoms. The Balaban J connectivity index is 1.71. The monoisotopic (exact) mass is 345 g/mol. The molecule has 2 heterocycles. The third-order valence-corrected chi connectivity index (χ3v) is 3.68. The molecule has 4 nitrogen and oxygen atoms in total. The molecule has 3 aromatic rings. The largest absolute Gasteiger partial charge is 0.452 e. The van der Waals surface area contributed by atoms with E-state index in [1.807, 2.05) is 29.2 Å². The van der Waals surface area contributed by atoms with Crippen molar-refractivity contribution < 1.29 is 4.42 Å². The number of nitrogens with one attached hydrogen (secondary N) is 1. The van der Waals surface area contributed by atoms with Crippen LogP contribution in [0.4, 0.5) is 5.69 Å². The summed E-state index contributed by atoms with van der Waals surface area (Å²) in [5.41, 5.74) is 2.30. The lowest BCUT2D eigenvalue weighted by Crippen LogP contribution is -2.06. The number of furan rings is 1. The van der Waals surface area contributed by atoms with Crippen molar-refractivity contribution in [2.75, 3.05) is 5.32 Å². The fraction of sp³-hybridized carbons (Fsp3) is 0.188. The minimum Gasteiger partial charge on any atom is -0.452 e. The van der Waals surface area contributed by atoms with Gasteiger partial charge < -0.3 is 14.3 Å². The molecule has 0 amide bonds. The molecule has 0 fully saturated rings. The van der Waals surface area contributed by atoms with Crippen LogP contribution in [0.15, 0.2) is 64.2 Å². The van der Waals surface area contributed by atoms with Crippen molar-refractivity contribution in [3.05, 3.63) is 71.1 Å². The van der Waals surface area contributed by atoms with Crippen LogP contribution in [0.2, 0.25) is 0 Å². The standard InChI is InChI=1S/C16H16BrN3O/c1-12(15-5-6-16(17)21-15)19-14-4-2-3-13(9-14)10-20-8-7-18-11-20/h2-9,11-12,19H,10H2,1H3. The molecule has 0 spiro atoms. The minimum absolute atomic E-state index is 0.111. The van der Waals surface area contributed by atoms with Crippen molar-refractivity contribution in [1.82, 2.24) is 9.55 Å². The molecular weight excluding hydrogens is 330 g/mol. The Kier molecular flexibility index (Phi) is 4.10. The molecular formula is C16H16BrN3O. The number of rotatable bonds is 5. The Labute approximate surface area is 131 Å². The maximum atomic E-state index is 5.57. The highest BCUT2D eigenvalue weighted by molar-refractivity contribution is 9.10. The summed E-state index contributed by atoms with van der Waals surface area (Å²) in [5.74, 6) is 0.905. The van der Waals surface area contributed by atoms with Crippen LogP contribution in [0.5, 0.6) is 0 Å². The molecule has 108 valence electrons. The van der Waals surface area contributed by atoms with Gasteiger partial charge in [0.25, 0.3) is 0 Å². The zero-order valence-corrected chi connectivity index (χ0v) is 13.2. The van der Waals surface area contributed by atoms with E-state index in [1.165, 1.54) is 5.56 Å². The number of halogens is 1. The third kappa shape index (κ3) is 3.55. The van der Waals surface area contributed by atoms with E-state index < -0.39 is 0 Å². The van der Waals surface area contributed by atoms with E-state index in [1.54, 1.807) is 6.20 Å². The highest BCUT2D eigenvalue weighted by atomic mass is 79.9. The number of nitrogens with zero attached hydrogens (tertiary/aromatic N) is 2. The van der Waals surface area contributed by atoms with E-state index in [9.17, 15) is 0 Å². The SMILES string of the molecule is CC(Nc1cccc(Cn2ccnc2)c1)c1ccc(Br)o1. The summed E-state index contributed by atoms with van der Waals surface area (Å²) in [6.45, 7) is 2.89. The van der Waals surface area contributed by atoms with E-state index in [0.29, 0.717) is 0 Å². The quantitative estimate of drug-likeness (QED) is 0.742. The maximum Gasteiger partial charge on any atom is 0.169 e. The lowest BCUT2D eigenvalue weighted by Gasteiger charge is -2.14. The van der Waals surface area contributed by atoms with Crippen molar-refractivity contribution in [2.45, 2.75) is 19.5 Å². The average Bonchev–Trinajstić information content (AvgIpc) is 3.11. The summed E-state index contributed by atoms with van der Waals surface area (Å²) in [6.07, 6.45) is 5.57. The number of hydrogen-bond acceptors (Lipinski definition) is 3. The van der Waals surface area contributed by atoms with Crippen molar-refractivity contribution in [1.29, 1.82) is 0 Å². The van der Waals surface area contributed by atoms with Crippen LogP contribution >= 0.6 is 15.9 Å². The smallest absolute Gasteiger partial charge is 0.169 e. The van der Waals surface area contributed by atoms with E-state index >= 15 is 0 Å². The molecule has 0 bridgehead atoms. The number of anilines is 1. The first kappa shape index (κ1) is 13.9. The van der Waals surface area contributed by atoms with Gasteiger partial charge in [0.1, 0.15) is 5.76 Å². The zero-order chi connectivity index (χ0) is 14.7. The van der Waals surface area contributed by atoms with Crippen molar-refractivity contribution >= 4 is 21.6 Å². The first-order valence-corrected chi connectivity index (χ1v) is 7.56. The molecule has 21 heavy (non-hydrogen) atoms. The zero-order valence-electron chi connectivity index (χ0n) is 11.7. The Morgan fingerprint density at radius 1 is 1.33 bits per heavy atom. The van der Waals surface area contributed by atoms with E-state index in [-0.39, 0.29) is 6.04 Å². The second-order valence-corrected chi connectivity index (χ2v) is 5.72. The Morgan fingerprint density at radius 2 is 2.24 bits per heavy atom. The van der Waals surface area contributed by atoms with Crippen LogP contribution in [0.1, 0.15) is 24.3 Å². The summed E-state index contributed by atoms with van der Waals surface area (Å²) in [4.78, 5) is 4.06. The van der Waals surface area contributed by atoms with Crippen molar-refractivity contribution in [2.24, 2.45) is 0 Å². The van der Waals surface area contributed by atoms with Crippen LogP contribution in [0, 0.1) is 0 Å². The Hall–Kier alpha value is -2.01. The molecule has 1 unspecified atom stereocenters. The van der Waals surface area contributed by atoms with E-state index in [2.05, 4.69) is 57.4 Å². The molecule has 0 aliphatic carbocycles. The van der Waals surface area contributed by atoms with Gasteiger partial charge in [0, 0.05) is 24.6 Å². The molecule has 0 saturated carbocycles. The first-order valence-electron chi connectivity index (χ1n) is 6.77. The Bertz CT molecular complexity index is 706. The normalized spacial score (nSPS) is 12.3. The molecule has 3 rings (SSSR count). The second kappa shape index (κ2) is 6.18. The van der Waals surface area contributed by atoms with Crippen LogP contribution in [0.3, 0.4) is 0 Å². The van der Waals surface area contributed by atoms with Gasteiger partial charge in [0.2, 0.25) is 0 Å². The number of hydrogen-bond donors (Lipinski definition) is 1.